The number of aryl methyl sites for hydroxylation is 1. The molecule has 1 aromatic rings. The topological polar surface area (TPSA) is 95.0 Å². The minimum absolute atomic E-state index is 0.0983. The first-order chi connectivity index (χ1) is 12.2. The lowest BCUT2D eigenvalue weighted by Gasteiger charge is -2.29. The summed E-state index contributed by atoms with van der Waals surface area (Å²) >= 11 is 0. The van der Waals surface area contributed by atoms with Crippen LogP contribution in [0.1, 0.15) is 46.5 Å². The number of amides is 3. The lowest BCUT2D eigenvalue weighted by Crippen LogP contribution is -2.44. The molecule has 1 N–H and O–H groups in total. The number of likely N-dealkylation sites (tertiary alicyclic amines) is 1. The number of imide groups is 1. The van der Waals surface area contributed by atoms with Gasteiger partial charge in [-0.25, -0.2) is 0 Å². The summed E-state index contributed by atoms with van der Waals surface area (Å²) in [4.78, 5) is 51.7. The van der Waals surface area contributed by atoms with Gasteiger partial charge in [0.25, 0.3) is 11.8 Å². The first kappa shape index (κ1) is 18.1. The third-order valence-electron chi connectivity index (χ3n) is 5.60. The summed E-state index contributed by atoms with van der Waals surface area (Å²) < 4.78 is 0. The maximum atomic E-state index is 12.6. The maximum absolute atomic E-state index is 12.6. The smallest absolute Gasteiger partial charge is 0.311 e. The zero-order valence-electron chi connectivity index (χ0n) is 15.1. The lowest BCUT2D eigenvalue weighted by molar-refractivity contribution is -0.151. The molecule has 138 valence electrons. The van der Waals surface area contributed by atoms with Crippen LogP contribution in [0.15, 0.2) is 18.2 Å². The minimum atomic E-state index is -0.977. The zero-order valence-corrected chi connectivity index (χ0v) is 15.1. The van der Waals surface area contributed by atoms with Crippen LogP contribution in [-0.4, -0.2) is 58.2 Å². The van der Waals surface area contributed by atoms with E-state index < -0.39 is 29.1 Å². The van der Waals surface area contributed by atoms with Crippen molar-refractivity contribution >= 4 is 23.7 Å². The largest absolute Gasteiger partial charge is 0.481 e. The number of carbonyl (C=O) groups is 4. The Bertz CT molecular complexity index is 816. The first-order valence-corrected chi connectivity index (χ1v) is 8.65. The van der Waals surface area contributed by atoms with Crippen LogP contribution in [0, 0.1) is 18.3 Å². The number of fused-ring (bicyclic) bond motifs is 1. The standard InChI is InChI=1S/C19H22N2O5/c1-11(2)19(18(25)26)6-7-20(10-19)15(22)9-21-16(23)13-5-4-12(3)8-14(13)17(21)24/h4-5,8,11H,6-7,9-10H2,1-3H3,(H,25,26). The summed E-state index contributed by atoms with van der Waals surface area (Å²) in [5.74, 6) is -2.40. The monoisotopic (exact) mass is 358 g/mol. The Hall–Kier alpha value is -2.70. The number of hydrogen-bond acceptors (Lipinski definition) is 4. The van der Waals surface area contributed by atoms with Crippen LogP contribution < -0.4 is 0 Å². The number of hydrogen-bond donors (Lipinski definition) is 1. The van der Waals surface area contributed by atoms with E-state index in [1.807, 2.05) is 20.8 Å². The number of nitrogens with zero attached hydrogens (tertiary/aromatic N) is 2. The SMILES string of the molecule is Cc1ccc2c(c1)C(=O)N(CC(=O)N1CCC(C(=O)O)(C(C)C)C1)C2=O. The molecule has 7 heteroatoms. The Morgan fingerprint density at radius 2 is 1.85 bits per heavy atom. The Kier molecular flexibility index (Phi) is 4.34. The van der Waals surface area contributed by atoms with Gasteiger partial charge in [0, 0.05) is 13.1 Å². The van der Waals surface area contributed by atoms with Crippen LogP contribution in [0.3, 0.4) is 0 Å². The van der Waals surface area contributed by atoms with Gasteiger partial charge in [-0.15, -0.1) is 0 Å². The summed E-state index contributed by atoms with van der Waals surface area (Å²) in [6, 6.07) is 4.99. The van der Waals surface area contributed by atoms with E-state index in [0.29, 0.717) is 24.1 Å². The van der Waals surface area contributed by atoms with Gasteiger partial charge in [-0.3, -0.25) is 24.1 Å². The fraction of sp³-hybridized carbons (Fsp3) is 0.474. The van der Waals surface area contributed by atoms with Gasteiger partial charge in [0.05, 0.1) is 16.5 Å². The molecule has 0 bridgehead atoms. The van der Waals surface area contributed by atoms with E-state index in [1.54, 1.807) is 18.2 Å². The highest BCUT2D eigenvalue weighted by Crippen LogP contribution is 2.38. The quantitative estimate of drug-likeness (QED) is 0.824. The number of rotatable bonds is 4. The van der Waals surface area contributed by atoms with Crippen LogP contribution in [0.4, 0.5) is 0 Å². The van der Waals surface area contributed by atoms with Crippen molar-refractivity contribution in [2.45, 2.75) is 27.2 Å². The maximum Gasteiger partial charge on any atom is 0.311 e. The fourth-order valence-corrected chi connectivity index (χ4v) is 3.72. The Labute approximate surface area is 151 Å². The van der Waals surface area contributed by atoms with Crippen molar-refractivity contribution in [3.8, 4) is 0 Å². The van der Waals surface area contributed by atoms with E-state index in [-0.39, 0.29) is 19.0 Å². The fourth-order valence-electron chi connectivity index (χ4n) is 3.72. The Morgan fingerprint density at radius 3 is 2.42 bits per heavy atom. The van der Waals surface area contributed by atoms with Crippen molar-refractivity contribution in [2.75, 3.05) is 19.6 Å². The number of carboxylic acid groups (broad SMARTS) is 1. The average molecular weight is 358 g/mol. The molecule has 1 aromatic carbocycles. The van der Waals surface area contributed by atoms with Crippen molar-refractivity contribution in [3.63, 3.8) is 0 Å². The zero-order chi connectivity index (χ0) is 19.2. The second-order valence-corrected chi connectivity index (χ2v) is 7.43. The molecule has 0 aliphatic carbocycles. The molecule has 7 nitrogen and oxygen atoms in total. The second kappa shape index (κ2) is 6.23. The van der Waals surface area contributed by atoms with Gasteiger partial charge >= 0.3 is 5.97 Å². The average Bonchev–Trinajstić information content (AvgIpc) is 3.13. The van der Waals surface area contributed by atoms with Gasteiger partial charge in [0.1, 0.15) is 6.54 Å². The van der Waals surface area contributed by atoms with Crippen molar-refractivity contribution in [3.05, 3.63) is 34.9 Å². The summed E-state index contributed by atoms with van der Waals surface area (Å²) in [5, 5.41) is 9.59. The number of aliphatic carboxylic acids is 1. The Morgan fingerprint density at radius 1 is 1.19 bits per heavy atom. The van der Waals surface area contributed by atoms with E-state index >= 15 is 0 Å². The second-order valence-electron chi connectivity index (χ2n) is 7.43. The van der Waals surface area contributed by atoms with Gasteiger partial charge in [-0.05, 0) is 31.4 Å². The third-order valence-corrected chi connectivity index (χ3v) is 5.60. The lowest BCUT2D eigenvalue weighted by atomic mass is 9.76. The minimum Gasteiger partial charge on any atom is -0.481 e. The number of benzene rings is 1. The molecule has 1 fully saturated rings. The van der Waals surface area contributed by atoms with E-state index in [0.717, 1.165) is 10.5 Å². The van der Waals surface area contributed by atoms with Crippen LogP contribution in [0.5, 0.6) is 0 Å². The molecule has 0 saturated carbocycles. The molecule has 3 rings (SSSR count). The molecule has 0 aromatic heterocycles. The molecule has 0 radical (unpaired) electrons. The van der Waals surface area contributed by atoms with Gasteiger partial charge in [-0.1, -0.05) is 25.5 Å². The molecular formula is C19H22N2O5. The van der Waals surface area contributed by atoms with Crippen molar-refractivity contribution in [1.29, 1.82) is 0 Å². The molecule has 3 amide bonds. The van der Waals surface area contributed by atoms with Crippen LogP contribution in [-0.2, 0) is 9.59 Å². The molecule has 26 heavy (non-hydrogen) atoms. The molecule has 2 aliphatic rings. The Balaban J connectivity index is 1.75. The van der Waals surface area contributed by atoms with Gasteiger partial charge in [-0.2, -0.15) is 0 Å². The van der Waals surface area contributed by atoms with E-state index in [1.165, 1.54) is 4.90 Å². The number of carboxylic acids is 1. The van der Waals surface area contributed by atoms with E-state index in [2.05, 4.69) is 0 Å². The first-order valence-electron chi connectivity index (χ1n) is 8.65. The van der Waals surface area contributed by atoms with E-state index in [4.69, 9.17) is 0 Å². The highest BCUT2D eigenvalue weighted by molar-refractivity contribution is 6.22. The van der Waals surface area contributed by atoms with Crippen molar-refractivity contribution in [1.82, 2.24) is 9.80 Å². The van der Waals surface area contributed by atoms with Gasteiger partial charge in [0.2, 0.25) is 5.91 Å². The third kappa shape index (κ3) is 2.67. The van der Waals surface area contributed by atoms with Crippen molar-refractivity contribution in [2.24, 2.45) is 11.3 Å². The molecule has 2 aliphatic heterocycles. The van der Waals surface area contributed by atoms with E-state index in [9.17, 15) is 24.3 Å². The molecule has 1 atom stereocenters. The summed E-state index contributed by atoms with van der Waals surface area (Å²) in [6.45, 7) is 5.53. The highest BCUT2D eigenvalue weighted by Gasteiger charge is 2.49. The van der Waals surface area contributed by atoms with Crippen LogP contribution >= 0.6 is 0 Å². The summed E-state index contributed by atoms with van der Waals surface area (Å²) in [7, 11) is 0. The summed E-state index contributed by atoms with van der Waals surface area (Å²) in [5.41, 5.74) is 0.498. The predicted molar refractivity (Wildman–Crippen MR) is 92.6 cm³/mol. The molecule has 2 heterocycles. The van der Waals surface area contributed by atoms with Crippen molar-refractivity contribution < 1.29 is 24.3 Å². The molecular weight excluding hydrogens is 336 g/mol. The normalized spacial score (nSPS) is 22.3. The molecule has 0 spiro atoms. The predicted octanol–water partition coefficient (Wildman–Crippen LogP) is 1.55. The molecule has 1 unspecified atom stereocenters. The van der Waals surface area contributed by atoms with Crippen LogP contribution in [0.25, 0.3) is 0 Å². The summed E-state index contributed by atoms with van der Waals surface area (Å²) in [6.07, 6.45) is 0.368. The van der Waals surface area contributed by atoms with Gasteiger partial charge in [0.15, 0.2) is 0 Å². The van der Waals surface area contributed by atoms with Crippen LogP contribution in [0.2, 0.25) is 0 Å². The molecule has 1 saturated heterocycles. The highest BCUT2D eigenvalue weighted by atomic mass is 16.4. The van der Waals surface area contributed by atoms with Gasteiger partial charge < -0.3 is 10.0 Å². The number of carbonyl (C=O) groups excluding carboxylic acids is 3.